The Kier molecular flexibility index (Phi) is 6.78. The molecule has 1 saturated heterocycles. The van der Waals surface area contributed by atoms with E-state index in [9.17, 15) is 18.0 Å². The fourth-order valence-corrected chi connectivity index (χ4v) is 4.75. The molecule has 0 saturated carbocycles. The maximum atomic E-state index is 13.5. The van der Waals surface area contributed by atoms with Crippen LogP contribution in [-0.2, 0) is 11.0 Å². The molecule has 1 amide bonds. The zero-order valence-electron chi connectivity index (χ0n) is 17.7. The first kappa shape index (κ1) is 22.7. The van der Waals surface area contributed by atoms with Crippen molar-refractivity contribution in [1.29, 1.82) is 0 Å². The van der Waals surface area contributed by atoms with E-state index in [-0.39, 0.29) is 36.0 Å². The summed E-state index contributed by atoms with van der Waals surface area (Å²) in [5.74, 6) is 1.34. The van der Waals surface area contributed by atoms with Crippen LogP contribution in [0.25, 0.3) is 11.3 Å². The summed E-state index contributed by atoms with van der Waals surface area (Å²) in [6.45, 7) is 2.89. The second kappa shape index (κ2) is 9.56. The first-order valence-electron chi connectivity index (χ1n) is 10.6. The Morgan fingerprint density at radius 3 is 2.78 bits per heavy atom. The number of thioether (sulfide) groups is 1. The Morgan fingerprint density at radius 2 is 2.00 bits per heavy atom. The summed E-state index contributed by atoms with van der Waals surface area (Å²) in [6, 6.07) is 6.05. The lowest BCUT2D eigenvalue weighted by Crippen LogP contribution is -2.43. The fraction of sp³-hybridized carbons (Fsp3) is 0.500. The van der Waals surface area contributed by atoms with Gasteiger partial charge in [-0.2, -0.15) is 13.2 Å². The van der Waals surface area contributed by atoms with Crippen LogP contribution in [0.3, 0.4) is 0 Å². The lowest BCUT2D eigenvalue weighted by Gasteiger charge is -2.35. The molecule has 1 aromatic heterocycles. The number of halogens is 3. The van der Waals surface area contributed by atoms with E-state index in [1.807, 2.05) is 4.90 Å². The number of alkyl halides is 3. The molecule has 2 aromatic rings. The number of piperidine rings is 1. The predicted octanol–water partition coefficient (Wildman–Crippen LogP) is 5.16. The van der Waals surface area contributed by atoms with E-state index in [0.717, 1.165) is 50.1 Å². The van der Waals surface area contributed by atoms with Crippen molar-refractivity contribution in [2.75, 3.05) is 19.1 Å². The molecule has 0 aliphatic carbocycles. The smallest absolute Gasteiger partial charge is 0.433 e. The van der Waals surface area contributed by atoms with Crippen LogP contribution >= 0.6 is 11.8 Å². The Bertz CT molecular complexity index is 987. The molecule has 1 fully saturated rings. The van der Waals surface area contributed by atoms with Crippen LogP contribution in [0.2, 0.25) is 0 Å². The van der Waals surface area contributed by atoms with Crippen molar-refractivity contribution < 1.29 is 27.4 Å². The molecule has 32 heavy (non-hydrogen) atoms. The van der Waals surface area contributed by atoms with Crippen LogP contribution in [-0.4, -0.2) is 45.9 Å². The van der Waals surface area contributed by atoms with Gasteiger partial charge in [-0.15, -0.1) is 0 Å². The quantitative estimate of drug-likeness (QED) is 0.432. The SMILES string of the molecule is CC[C@@H]1CCCCN1C(=O)CCSc1nc(-c2ccc3c(c2)OCO3)cc(C(F)(F)F)n1. The second-order valence-electron chi connectivity index (χ2n) is 7.73. The zero-order valence-corrected chi connectivity index (χ0v) is 18.5. The number of benzene rings is 1. The van der Waals surface area contributed by atoms with Crippen LogP contribution in [0.1, 0.15) is 44.7 Å². The maximum Gasteiger partial charge on any atom is 0.433 e. The van der Waals surface area contributed by atoms with Crippen molar-refractivity contribution in [3.63, 3.8) is 0 Å². The highest BCUT2D eigenvalue weighted by Crippen LogP contribution is 2.37. The van der Waals surface area contributed by atoms with E-state index in [1.165, 1.54) is 0 Å². The molecule has 0 radical (unpaired) electrons. The van der Waals surface area contributed by atoms with Gasteiger partial charge in [0, 0.05) is 30.3 Å². The minimum Gasteiger partial charge on any atom is -0.454 e. The molecule has 0 spiro atoms. The van der Waals surface area contributed by atoms with Gasteiger partial charge >= 0.3 is 6.18 Å². The fourth-order valence-electron chi connectivity index (χ4n) is 3.97. The van der Waals surface area contributed by atoms with Crippen LogP contribution in [0.4, 0.5) is 13.2 Å². The molecule has 2 aliphatic rings. The second-order valence-corrected chi connectivity index (χ2v) is 8.79. The molecule has 4 rings (SSSR count). The predicted molar refractivity (Wildman–Crippen MR) is 114 cm³/mol. The van der Waals surface area contributed by atoms with Crippen LogP contribution in [0.5, 0.6) is 11.5 Å². The number of carbonyl (C=O) groups excluding carboxylic acids is 1. The summed E-state index contributed by atoms with van der Waals surface area (Å²) in [7, 11) is 0. The first-order chi connectivity index (χ1) is 15.3. The highest BCUT2D eigenvalue weighted by atomic mass is 32.2. The van der Waals surface area contributed by atoms with Crippen LogP contribution in [0, 0.1) is 0 Å². The normalized spacial score (nSPS) is 18.1. The molecule has 6 nitrogen and oxygen atoms in total. The lowest BCUT2D eigenvalue weighted by molar-refractivity contribution is -0.141. The molecule has 0 bridgehead atoms. The summed E-state index contributed by atoms with van der Waals surface area (Å²) >= 11 is 1.06. The van der Waals surface area contributed by atoms with E-state index in [0.29, 0.717) is 22.8 Å². The number of ether oxygens (including phenoxy) is 2. The van der Waals surface area contributed by atoms with Gasteiger partial charge in [-0.3, -0.25) is 4.79 Å². The van der Waals surface area contributed by atoms with Crippen LogP contribution in [0.15, 0.2) is 29.4 Å². The van der Waals surface area contributed by atoms with Crippen molar-refractivity contribution in [2.24, 2.45) is 0 Å². The number of fused-ring (bicyclic) bond motifs is 1. The number of rotatable bonds is 6. The number of nitrogens with zero attached hydrogens (tertiary/aromatic N) is 3. The van der Waals surface area contributed by atoms with Gasteiger partial charge in [-0.25, -0.2) is 9.97 Å². The number of aromatic nitrogens is 2. The highest BCUT2D eigenvalue weighted by Gasteiger charge is 2.34. The molecule has 2 aliphatic heterocycles. The van der Waals surface area contributed by atoms with Gasteiger partial charge < -0.3 is 14.4 Å². The van der Waals surface area contributed by atoms with Gasteiger partial charge in [0.25, 0.3) is 0 Å². The molecule has 1 aromatic carbocycles. The van der Waals surface area contributed by atoms with E-state index in [2.05, 4.69) is 16.9 Å². The molecule has 172 valence electrons. The van der Waals surface area contributed by atoms with Crippen molar-refractivity contribution in [3.05, 3.63) is 30.0 Å². The van der Waals surface area contributed by atoms with Crippen molar-refractivity contribution >= 4 is 17.7 Å². The number of likely N-dealkylation sites (tertiary alicyclic amines) is 1. The summed E-state index contributed by atoms with van der Waals surface area (Å²) in [5, 5.41) is -0.00835. The topological polar surface area (TPSA) is 64.6 Å². The number of amides is 1. The molecule has 10 heteroatoms. The molecule has 3 heterocycles. The minimum atomic E-state index is -4.61. The van der Waals surface area contributed by atoms with Gasteiger partial charge in [0.1, 0.15) is 5.69 Å². The van der Waals surface area contributed by atoms with Crippen molar-refractivity contribution in [1.82, 2.24) is 14.9 Å². The number of hydrogen-bond donors (Lipinski definition) is 0. The van der Waals surface area contributed by atoms with Gasteiger partial charge in [-0.05, 0) is 49.9 Å². The van der Waals surface area contributed by atoms with E-state index >= 15 is 0 Å². The summed E-state index contributed by atoms with van der Waals surface area (Å²) < 4.78 is 50.9. The largest absolute Gasteiger partial charge is 0.454 e. The van der Waals surface area contributed by atoms with Crippen molar-refractivity contribution in [2.45, 2.75) is 56.4 Å². The lowest BCUT2D eigenvalue weighted by atomic mass is 10.00. The molecular weight excluding hydrogens is 443 g/mol. The summed E-state index contributed by atoms with van der Waals surface area (Å²) in [6.07, 6.45) is -0.344. The van der Waals surface area contributed by atoms with Gasteiger partial charge in [0.15, 0.2) is 16.7 Å². The first-order valence-corrected chi connectivity index (χ1v) is 11.6. The average Bonchev–Trinajstić information content (AvgIpc) is 3.26. The molecule has 0 unspecified atom stereocenters. The molecular formula is C22H24F3N3O3S. The van der Waals surface area contributed by atoms with Gasteiger partial charge in [0.05, 0.1) is 5.69 Å². The highest BCUT2D eigenvalue weighted by molar-refractivity contribution is 7.99. The average molecular weight is 468 g/mol. The van der Waals surface area contributed by atoms with Gasteiger partial charge in [-0.1, -0.05) is 18.7 Å². The van der Waals surface area contributed by atoms with E-state index in [4.69, 9.17) is 9.47 Å². The summed E-state index contributed by atoms with van der Waals surface area (Å²) in [4.78, 5) is 22.6. The minimum absolute atomic E-state index is 0.00835. The molecule has 1 atom stereocenters. The molecule has 0 N–H and O–H groups in total. The number of carbonyl (C=O) groups is 1. The Morgan fingerprint density at radius 1 is 1.19 bits per heavy atom. The Balaban J connectivity index is 1.49. The third-order valence-corrected chi connectivity index (χ3v) is 6.48. The Hall–Kier alpha value is -2.49. The third kappa shape index (κ3) is 5.11. The Labute approximate surface area is 188 Å². The number of hydrogen-bond acceptors (Lipinski definition) is 6. The maximum absolute atomic E-state index is 13.5. The van der Waals surface area contributed by atoms with E-state index < -0.39 is 11.9 Å². The van der Waals surface area contributed by atoms with E-state index in [1.54, 1.807) is 18.2 Å². The zero-order chi connectivity index (χ0) is 22.7. The third-order valence-electron chi connectivity index (χ3n) is 5.63. The van der Waals surface area contributed by atoms with Crippen molar-refractivity contribution in [3.8, 4) is 22.8 Å². The standard InChI is InChI=1S/C22H24F3N3O3S/c1-2-15-5-3-4-9-28(15)20(29)8-10-32-21-26-16(12-19(27-21)22(23,24)25)14-6-7-17-18(11-14)31-13-30-17/h6-7,11-12,15H,2-5,8-10,13H2,1H3/t15-/m1/s1. The van der Waals surface area contributed by atoms with Crippen LogP contribution < -0.4 is 9.47 Å². The monoisotopic (exact) mass is 467 g/mol. The summed E-state index contributed by atoms with van der Waals surface area (Å²) in [5.41, 5.74) is -0.406. The van der Waals surface area contributed by atoms with Gasteiger partial charge in [0.2, 0.25) is 12.7 Å².